The number of piperidine rings is 1. The van der Waals surface area contributed by atoms with Crippen molar-refractivity contribution in [1.82, 2.24) is 10.2 Å². The third-order valence-electron chi connectivity index (χ3n) is 4.36. The van der Waals surface area contributed by atoms with Gasteiger partial charge in [0.1, 0.15) is 11.5 Å². The molecule has 0 unspecified atom stereocenters. The number of likely N-dealkylation sites (tertiary alicyclic amines) is 1. The maximum Gasteiger partial charge on any atom is 0.254 e. The molecular weight excluding hydrogens is 268 g/mol. The van der Waals surface area contributed by atoms with Crippen LogP contribution in [-0.2, 0) is 0 Å². The lowest BCUT2D eigenvalue weighted by Gasteiger charge is -2.39. The van der Waals surface area contributed by atoms with E-state index in [1.54, 1.807) is 32.4 Å². The first-order chi connectivity index (χ1) is 10.0. The molecule has 1 heterocycles. The predicted molar refractivity (Wildman–Crippen MR) is 82.1 cm³/mol. The molecule has 116 valence electrons. The van der Waals surface area contributed by atoms with Crippen molar-refractivity contribution in [1.29, 1.82) is 0 Å². The molecule has 1 aliphatic heterocycles. The molecule has 5 nitrogen and oxygen atoms in total. The molecule has 5 heteroatoms. The second-order valence-corrected chi connectivity index (χ2v) is 5.70. The number of benzene rings is 1. The first kappa shape index (κ1) is 15.6. The van der Waals surface area contributed by atoms with Crippen molar-refractivity contribution in [2.45, 2.75) is 25.3 Å². The van der Waals surface area contributed by atoms with Crippen LogP contribution in [0, 0.1) is 0 Å². The van der Waals surface area contributed by atoms with Crippen LogP contribution in [0.2, 0.25) is 0 Å². The smallest absolute Gasteiger partial charge is 0.254 e. The van der Waals surface area contributed by atoms with Gasteiger partial charge in [0.2, 0.25) is 0 Å². The van der Waals surface area contributed by atoms with Gasteiger partial charge < -0.3 is 19.7 Å². The summed E-state index contributed by atoms with van der Waals surface area (Å²) in [5, 5.41) is 3.34. The molecule has 0 bridgehead atoms. The fourth-order valence-corrected chi connectivity index (χ4v) is 2.57. The van der Waals surface area contributed by atoms with E-state index < -0.39 is 0 Å². The van der Waals surface area contributed by atoms with Crippen molar-refractivity contribution in [3.05, 3.63) is 23.8 Å². The Morgan fingerprint density at radius 1 is 1.14 bits per heavy atom. The zero-order chi connectivity index (χ0) is 15.5. The van der Waals surface area contributed by atoms with Gasteiger partial charge in [-0.25, -0.2) is 0 Å². The van der Waals surface area contributed by atoms with Gasteiger partial charge in [0, 0.05) is 30.3 Å². The Balaban J connectivity index is 2.14. The Kier molecular flexibility index (Phi) is 4.73. The van der Waals surface area contributed by atoms with E-state index in [1.165, 1.54) is 0 Å². The molecule has 0 saturated carbocycles. The van der Waals surface area contributed by atoms with E-state index in [1.807, 2.05) is 11.9 Å². The summed E-state index contributed by atoms with van der Waals surface area (Å²) in [4.78, 5) is 14.5. The van der Waals surface area contributed by atoms with Crippen molar-refractivity contribution in [3.8, 4) is 11.5 Å². The third-order valence-corrected chi connectivity index (χ3v) is 4.36. The predicted octanol–water partition coefficient (Wildman–Crippen LogP) is 1.92. The first-order valence-corrected chi connectivity index (χ1v) is 7.22. The van der Waals surface area contributed by atoms with E-state index in [2.05, 4.69) is 12.2 Å². The number of carbonyl (C=O) groups excluding carboxylic acids is 1. The first-order valence-electron chi connectivity index (χ1n) is 7.22. The van der Waals surface area contributed by atoms with Crippen LogP contribution >= 0.6 is 0 Å². The SMILES string of the molecule is CNC1(C)CCN(C(=O)c2cc(OC)cc(OC)c2)CC1. The number of nitrogens with zero attached hydrogens (tertiary/aromatic N) is 1. The Morgan fingerprint density at radius 2 is 1.67 bits per heavy atom. The van der Waals surface area contributed by atoms with Crippen LogP contribution in [-0.4, -0.2) is 50.7 Å². The number of hydrogen-bond donors (Lipinski definition) is 1. The number of methoxy groups -OCH3 is 2. The highest BCUT2D eigenvalue weighted by Gasteiger charge is 2.30. The molecule has 21 heavy (non-hydrogen) atoms. The molecule has 1 aliphatic rings. The standard InChI is InChI=1S/C16H24N2O3/c1-16(17-2)5-7-18(8-6-16)15(19)12-9-13(20-3)11-14(10-12)21-4/h9-11,17H,5-8H2,1-4H3. The Labute approximate surface area is 126 Å². The van der Waals surface area contributed by atoms with E-state index in [-0.39, 0.29) is 11.4 Å². The largest absolute Gasteiger partial charge is 0.497 e. The molecule has 1 aromatic carbocycles. The van der Waals surface area contributed by atoms with Gasteiger partial charge in [-0.05, 0) is 38.9 Å². The number of nitrogens with one attached hydrogen (secondary N) is 1. The molecule has 0 atom stereocenters. The second kappa shape index (κ2) is 6.35. The van der Waals surface area contributed by atoms with Gasteiger partial charge in [-0.15, -0.1) is 0 Å². The van der Waals surface area contributed by atoms with E-state index in [0.717, 1.165) is 25.9 Å². The minimum absolute atomic E-state index is 0.0327. The topological polar surface area (TPSA) is 50.8 Å². The molecule has 0 spiro atoms. The minimum atomic E-state index is 0.0327. The highest BCUT2D eigenvalue weighted by molar-refractivity contribution is 5.95. The summed E-state index contributed by atoms with van der Waals surface area (Å²) in [6.45, 7) is 3.72. The molecule has 1 saturated heterocycles. The van der Waals surface area contributed by atoms with Crippen molar-refractivity contribution >= 4 is 5.91 Å². The minimum Gasteiger partial charge on any atom is -0.497 e. The number of hydrogen-bond acceptors (Lipinski definition) is 4. The van der Waals surface area contributed by atoms with Crippen LogP contribution in [0.4, 0.5) is 0 Å². The van der Waals surface area contributed by atoms with Gasteiger partial charge in [0.15, 0.2) is 0 Å². The van der Waals surface area contributed by atoms with Gasteiger partial charge in [0.05, 0.1) is 14.2 Å². The third kappa shape index (κ3) is 3.47. The molecule has 0 radical (unpaired) electrons. The highest BCUT2D eigenvalue weighted by Crippen LogP contribution is 2.26. The van der Waals surface area contributed by atoms with Gasteiger partial charge in [-0.1, -0.05) is 0 Å². The number of rotatable bonds is 4. The quantitative estimate of drug-likeness (QED) is 0.921. The Morgan fingerprint density at radius 3 is 2.10 bits per heavy atom. The average molecular weight is 292 g/mol. The van der Waals surface area contributed by atoms with Crippen LogP contribution in [0.5, 0.6) is 11.5 Å². The van der Waals surface area contributed by atoms with Crippen LogP contribution < -0.4 is 14.8 Å². The summed E-state index contributed by atoms with van der Waals surface area (Å²) in [5.41, 5.74) is 0.738. The van der Waals surface area contributed by atoms with Crippen molar-refractivity contribution in [3.63, 3.8) is 0 Å². The lowest BCUT2D eigenvalue weighted by molar-refractivity contribution is 0.0661. The fraction of sp³-hybridized carbons (Fsp3) is 0.562. The molecule has 1 aromatic rings. The van der Waals surface area contributed by atoms with Gasteiger partial charge in [-0.2, -0.15) is 0 Å². The van der Waals surface area contributed by atoms with E-state index in [9.17, 15) is 4.79 Å². The number of amides is 1. The number of ether oxygens (including phenoxy) is 2. The normalized spacial score (nSPS) is 17.4. The molecule has 0 aliphatic carbocycles. The van der Waals surface area contributed by atoms with E-state index in [4.69, 9.17) is 9.47 Å². The summed E-state index contributed by atoms with van der Waals surface area (Å²) in [7, 11) is 5.15. The summed E-state index contributed by atoms with van der Waals surface area (Å²) in [6.07, 6.45) is 1.91. The van der Waals surface area contributed by atoms with Gasteiger partial charge in [-0.3, -0.25) is 4.79 Å². The second-order valence-electron chi connectivity index (χ2n) is 5.70. The zero-order valence-corrected chi connectivity index (χ0v) is 13.2. The zero-order valence-electron chi connectivity index (χ0n) is 13.2. The van der Waals surface area contributed by atoms with Crippen LogP contribution in [0.1, 0.15) is 30.1 Å². The number of carbonyl (C=O) groups is 1. The molecule has 1 N–H and O–H groups in total. The van der Waals surface area contributed by atoms with Crippen molar-refractivity contribution in [2.24, 2.45) is 0 Å². The molecule has 1 amide bonds. The summed E-state index contributed by atoms with van der Waals surface area (Å²) in [6, 6.07) is 5.29. The van der Waals surface area contributed by atoms with E-state index >= 15 is 0 Å². The van der Waals surface area contributed by atoms with Gasteiger partial charge >= 0.3 is 0 Å². The molecular formula is C16H24N2O3. The highest BCUT2D eigenvalue weighted by atomic mass is 16.5. The lowest BCUT2D eigenvalue weighted by atomic mass is 9.89. The fourth-order valence-electron chi connectivity index (χ4n) is 2.57. The molecule has 2 rings (SSSR count). The van der Waals surface area contributed by atoms with Crippen LogP contribution in [0.15, 0.2) is 18.2 Å². The summed E-state index contributed by atoms with van der Waals surface area (Å²) < 4.78 is 10.4. The molecule has 1 fully saturated rings. The average Bonchev–Trinajstić information content (AvgIpc) is 2.54. The van der Waals surface area contributed by atoms with Crippen molar-refractivity contribution in [2.75, 3.05) is 34.4 Å². The Bertz CT molecular complexity index is 486. The van der Waals surface area contributed by atoms with Gasteiger partial charge in [0.25, 0.3) is 5.91 Å². The lowest BCUT2D eigenvalue weighted by Crippen LogP contribution is -2.51. The van der Waals surface area contributed by atoms with Crippen molar-refractivity contribution < 1.29 is 14.3 Å². The maximum absolute atomic E-state index is 12.6. The summed E-state index contributed by atoms with van der Waals surface area (Å²) in [5.74, 6) is 1.30. The molecule has 0 aromatic heterocycles. The maximum atomic E-state index is 12.6. The van der Waals surface area contributed by atoms with E-state index in [0.29, 0.717) is 17.1 Å². The van der Waals surface area contributed by atoms with Crippen LogP contribution in [0.3, 0.4) is 0 Å². The Hall–Kier alpha value is -1.75. The van der Waals surface area contributed by atoms with Crippen LogP contribution in [0.25, 0.3) is 0 Å². The monoisotopic (exact) mass is 292 g/mol. The summed E-state index contributed by atoms with van der Waals surface area (Å²) >= 11 is 0.